The highest BCUT2D eigenvalue weighted by Crippen LogP contribution is 2.38. The van der Waals surface area contributed by atoms with Crippen LogP contribution in [0.3, 0.4) is 0 Å². The van der Waals surface area contributed by atoms with Gasteiger partial charge in [-0.15, -0.1) is 11.3 Å². The summed E-state index contributed by atoms with van der Waals surface area (Å²) in [5.74, 6) is -0.323. The molecule has 3 heterocycles. The number of nitrogens with zero attached hydrogens (tertiary/aromatic N) is 3. The number of ether oxygens (including phenoxy) is 1. The first-order chi connectivity index (χ1) is 15.6. The lowest BCUT2D eigenvalue weighted by atomic mass is 9.94. The molecule has 1 saturated heterocycles. The number of thiophene rings is 1. The molecule has 2 aromatic heterocycles. The molecule has 8 nitrogen and oxygen atoms in total. The first kappa shape index (κ1) is 22.0. The lowest BCUT2D eigenvalue weighted by molar-refractivity contribution is -0.111. The summed E-state index contributed by atoms with van der Waals surface area (Å²) < 4.78 is 5.71. The molecular formula is C23H24N4O4S. The summed E-state index contributed by atoms with van der Waals surface area (Å²) in [6.45, 7) is 0.543. The number of carbonyl (C=O) groups is 2. The lowest BCUT2D eigenvalue weighted by Crippen LogP contribution is -2.40. The van der Waals surface area contributed by atoms with Crippen molar-refractivity contribution in [2.75, 3.05) is 18.5 Å². The van der Waals surface area contributed by atoms with Crippen LogP contribution >= 0.6 is 11.3 Å². The molecule has 1 aliphatic heterocycles. The Labute approximate surface area is 190 Å². The Bertz CT molecular complexity index is 1060. The molecule has 2 atom stereocenters. The van der Waals surface area contributed by atoms with Crippen molar-refractivity contribution in [2.24, 2.45) is 0 Å². The highest BCUT2D eigenvalue weighted by atomic mass is 32.1. The van der Waals surface area contributed by atoms with E-state index in [1.54, 1.807) is 29.4 Å². The van der Waals surface area contributed by atoms with E-state index in [2.05, 4.69) is 16.4 Å². The fourth-order valence-electron chi connectivity index (χ4n) is 4.14. The van der Waals surface area contributed by atoms with Crippen molar-refractivity contribution in [3.63, 3.8) is 0 Å². The summed E-state index contributed by atoms with van der Waals surface area (Å²) in [4.78, 5) is 31.5. The fraction of sp³-hybridized carbons (Fsp3) is 0.391. The van der Waals surface area contributed by atoms with Gasteiger partial charge in [-0.3, -0.25) is 9.78 Å². The van der Waals surface area contributed by atoms with Gasteiger partial charge in [-0.25, -0.2) is 4.79 Å². The number of hydrogen-bond donors (Lipinski definition) is 2. The van der Waals surface area contributed by atoms with Crippen LogP contribution in [0.25, 0.3) is 6.08 Å². The maximum absolute atomic E-state index is 12.5. The van der Waals surface area contributed by atoms with E-state index in [0.717, 1.165) is 28.8 Å². The van der Waals surface area contributed by atoms with Gasteiger partial charge >= 0.3 is 6.09 Å². The van der Waals surface area contributed by atoms with E-state index in [1.165, 1.54) is 17.4 Å². The van der Waals surface area contributed by atoms with Crippen LogP contribution in [0.1, 0.15) is 40.8 Å². The summed E-state index contributed by atoms with van der Waals surface area (Å²) in [5.41, 5.74) is 2.21. The zero-order chi connectivity index (χ0) is 22.5. The van der Waals surface area contributed by atoms with E-state index in [1.807, 2.05) is 6.07 Å². The number of hydrogen-bond acceptors (Lipinski definition) is 7. The molecule has 2 aromatic rings. The molecule has 166 valence electrons. The van der Waals surface area contributed by atoms with Crippen LogP contribution in [-0.2, 0) is 22.4 Å². The van der Waals surface area contributed by atoms with Crippen LogP contribution in [0.5, 0.6) is 0 Å². The van der Waals surface area contributed by atoms with Crippen molar-refractivity contribution in [1.82, 2.24) is 9.88 Å². The number of aromatic nitrogens is 1. The average molecular weight is 453 g/mol. The van der Waals surface area contributed by atoms with E-state index >= 15 is 0 Å². The minimum Gasteiger partial charge on any atom is -0.446 e. The molecule has 4 rings (SSSR count). The van der Waals surface area contributed by atoms with Gasteiger partial charge in [0.05, 0.1) is 18.2 Å². The van der Waals surface area contributed by atoms with Crippen LogP contribution < -0.4 is 5.32 Å². The van der Waals surface area contributed by atoms with Crippen molar-refractivity contribution in [3.8, 4) is 6.07 Å². The topological polar surface area (TPSA) is 116 Å². The molecule has 0 saturated carbocycles. The van der Waals surface area contributed by atoms with E-state index in [9.17, 15) is 20.0 Å². The third-order valence-corrected chi connectivity index (χ3v) is 6.94. The number of likely N-dealkylation sites (tertiary alicyclic amines) is 1. The molecular weight excluding hydrogens is 428 g/mol. The molecule has 0 aromatic carbocycles. The Balaban J connectivity index is 1.41. The van der Waals surface area contributed by atoms with E-state index < -0.39 is 0 Å². The quantitative estimate of drug-likeness (QED) is 0.674. The second kappa shape index (κ2) is 9.94. The molecule has 9 heteroatoms. The summed E-state index contributed by atoms with van der Waals surface area (Å²) in [5, 5.41) is 22.4. The number of nitrogens with one attached hydrogen (secondary N) is 1. The molecule has 32 heavy (non-hydrogen) atoms. The molecule has 0 spiro atoms. The minimum atomic E-state index is -0.388. The zero-order valence-electron chi connectivity index (χ0n) is 17.5. The predicted molar refractivity (Wildman–Crippen MR) is 120 cm³/mol. The van der Waals surface area contributed by atoms with Crippen LogP contribution in [0.4, 0.5) is 9.80 Å². The highest BCUT2D eigenvalue weighted by molar-refractivity contribution is 7.16. The summed E-state index contributed by atoms with van der Waals surface area (Å²) in [7, 11) is 0. The molecule has 1 aliphatic carbocycles. The number of pyridine rings is 1. The molecule has 1 unspecified atom stereocenters. The second-order valence-corrected chi connectivity index (χ2v) is 8.95. The van der Waals surface area contributed by atoms with Crippen molar-refractivity contribution in [1.29, 1.82) is 5.26 Å². The molecule has 0 bridgehead atoms. The largest absolute Gasteiger partial charge is 0.446 e. The molecule has 2 amide bonds. The number of aliphatic hydroxyl groups is 1. The van der Waals surface area contributed by atoms with Crippen molar-refractivity contribution >= 4 is 34.4 Å². The third-order valence-electron chi connectivity index (χ3n) is 5.77. The fourth-order valence-corrected chi connectivity index (χ4v) is 5.40. The number of aliphatic hydroxyl groups excluding tert-OH is 1. The zero-order valence-corrected chi connectivity index (χ0v) is 18.3. The minimum absolute atomic E-state index is 0.0569. The van der Waals surface area contributed by atoms with Gasteiger partial charge in [-0.05, 0) is 49.0 Å². The molecule has 1 fully saturated rings. The third kappa shape index (κ3) is 4.82. The van der Waals surface area contributed by atoms with Crippen LogP contribution in [0.2, 0.25) is 0 Å². The van der Waals surface area contributed by atoms with Gasteiger partial charge in [-0.2, -0.15) is 5.26 Å². The SMILES string of the molecule is N#Cc1c(NC(=O)/C=C/c2cccnc2)sc2c1CCC(OC(=O)N1CCC[C@H]1CO)C2. The summed E-state index contributed by atoms with van der Waals surface area (Å²) in [6.07, 6.45) is 9.11. The van der Waals surface area contributed by atoms with Crippen molar-refractivity contribution < 1.29 is 19.4 Å². The van der Waals surface area contributed by atoms with E-state index in [-0.39, 0.29) is 30.8 Å². The average Bonchev–Trinajstić information content (AvgIpc) is 3.42. The van der Waals surface area contributed by atoms with Gasteiger partial charge < -0.3 is 20.1 Å². The number of rotatable bonds is 5. The predicted octanol–water partition coefficient (Wildman–Crippen LogP) is 3.12. The summed E-state index contributed by atoms with van der Waals surface area (Å²) in [6, 6.07) is 5.67. The Hall–Kier alpha value is -3.22. The number of carbonyl (C=O) groups excluding carboxylic acids is 2. The maximum Gasteiger partial charge on any atom is 0.410 e. The normalized spacial score (nSPS) is 20.1. The van der Waals surface area contributed by atoms with Gasteiger partial charge in [-0.1, -0.05) is 6.07 Å². The van der Waals surface area contributed by atoms with Crippen molar-refractivity contribution in [3.05, 3.63) is 52.2 Å². The first-order valence-corrected chi connectivity index (χ1v) is 11.4. The Kier molecular flexibility index (Phi) is 6.83. The van der Waals surface area contributed by atoms with Gasteiger partial charge in [0.1, 0.15) is 17.2 Å². The van der Waals surface area contributed by atoms with E-state index in [0.29, 0.717) is 36.4 Å². The number of fused-ring (bicyclic) bond motifs is 1. The monoisotopic (exact) mass is 452 g/mol. The van der Waals surface area contributed by atoms with E-state index in [4.69, 9.17) is 4.74 Å². The Morgan fingerprint density at radius 1 is 1.44 bits per heavy atom. The molecule has 0 radical (unpaired) electrons. The van der Waals surface area contributed by atoms with Gasteiger partial charge in [0.25, 0.3) is 0 Å². The van der Waals surface area contributed by atoms with Gasteiger partial charge in [0.15, 0.2) is 0 Å². The van der Waals surface area contributed by atoms with Crippen LogP contribution in [-0.4, -0.2) is 52.3 Å². The van der Waals surface area contributed by atoms with Gasteiger partial charge in [0.2, 0.25) is 5.91 Å². The van der Waals surface area contributed by atoms with Gasteiger partial charge in [0, 0.05) is 36.3 Å². The maximum atomic E-state index is 12.5. The summed E-state index contributed by atoms with van der Waals surface area (Å²) >= 11 is 1.36. The lowest BCUT2D eigenvalue weighted by Gasteiger charge is -2.27. The number of amides is 2. The molecule has 2 N–H and O–H groups in total. The number of anilines is 1. The van der Waals surface area contributed by atoms with Crippen LogP contribution in [0, 0.1) is 11.3 Å². The Morgan fingerprint density at radius 3 is 3.06 bits per heavy atom. The van der Waals surface area contributed by atoms with Crippen LogP contribution in [0.15, 0.2) is 30.6 Å². The molecule has 2 aliphatic rings. The standard InChI is InChI=1S/C23H24N4O4S/c24-12-19-18-7-6-17(31-23(30)27-10-2-4-16(27)14-28)11-20(18)32-22(19)26-21(29)8-5-15-3-1-9-25-13-15/h1,3,5,8-9,13,16-17,28H,2,4,6-7,10-11,14H2,(H,26,29)/b8-5+/t16-,17?/m0/s1. The first-order valence-electron chi connectivity index (χ1n) is 10.6. The number of nitriles is 1. The second-order valence-electron chi connectivity index (χ2n) is 7.85. The Morgan fingerprint density at radius 2 is 2.31 bits per heavy atom. The van der Waals surface area contributed by atoms with Crippen molar-refractivity contribution in [2.45, 2.75) is 44.2 Å². The smallest absolute Gasteiger partial charge is 0.410 e. The highest BCUT2D eigenvalue weighted by Gasteiger charge is 2.33.